The summed E-state index contributed by atoms with van der Waals surface area (Å²) in [6.45, 7) is 8.44. The van der Waals surface area contributed by atoms with Crippen molar-refractivity contribution >= 4 is 24.0 Å². The smallest absolute Gasteiger partial charge is 0.331 e. The number of methoxy groups -OCH3 is 2. The van der Waals surface area contributed by atoms with Crippen LogP contribution < -0.4 is 9.47 Å². The number of hydrogen-bond acceptors (Lipinski definition) is 32. The summed E-state index contributed by atoms with van der Waals surface area (Å²) in [5, 5.41) is 188. The van der Waals surface area contributed by atoms with E-state index in [-0.39, 0.29) is 32.1 Å². The van der Waals surface area contributed by atoms with Crippen LogP contribution in [0.2, 0.25) is 0 Å². The first kappa shape index (κ1) is 78.8. The number of hydrogen-bond donors (Lipinski definition) is 17. The van der Waals surface area contributed by atoms with E-state index in [0.29, 0.717) is 42.7 Å². The van der Waals surface area contributed by atoms with E-state index in [1.54, 1.807) is 18.2 Å². The molecule has 1 aromatic rings. The lowest BCUT2D eigenvalue weighted by Crippen LogP contribution is -2.71. The quantitative estimate of drug-likeness (QED) is 0.0263. The van der Waals surface area contributed by atoms with Gasteiger partial charge in [0.2, 0.25) is 6.29 Å². The number of carbonyl (C=O) groups is 3. The average Bonchev–Trinajstić information content (AvgIpc) is 0.722. The van der Waals surface area contributed by atoms with Crippen LogP contribution in [0.1, 0.15) is 105 Å². The maximum absolute atomic E-state index is 15.9. The summed E-state index contributed by atoms with van der Waals surface area (Å²) in [5.41, 5.74) is -5.22. The molecule has 34 unspecified atom stereocenters. The number of carboxylic acids is 1. The molecule has 0 spiro atoms. The third-order valence-electron chi connectivity index (χ3n) is 24.9. The summed E-state index contributed by atoms with van der Waals surface area (Å²) in [5.74, 6) is -4.10. The van der Waals surface area contributed by atoms with Crippen LogP contribution in [0.25, 0.3) is 6.08 Å². The highest BCUT2D eigenvalue weighted by atomic mass is 16.8. The molecule has 0 bridgehead atoms. The molecular weight excluding hydrogens is 1360 g/mol. The fraction of sp³-hybridized carbons (Fsp3) is 0.812. The Kier molecular flexibility index (Phi) is 23.2. The first-order valence-electron chi connectivity index (χ1n) is 34.8. The van der Waals surface area contributed by atoms with Gasteiger partial charge >= 0.3 is 17.9 Å². The van der Waals surface area contributed by atoms with Gasteiger partial charge in [0.05, 0.1) is 63.7 Å². The number of aliphatic hydroxyl groups excluding tert-OH is 16. The summed E-state index contributed by atoms with van der Waals surface area (Å²) < 4.78 is 75.4. The Labute approximate surface area is 587 Å². The lowest BCUT2D eigenvalue weighted by Gasteiger charge is -2.71. The van der Waals surface area contributed by atoms with Crippen LogP contribution in [-0.4, -0.2) is 305 Å². The van der Waals surface area contributed by atoms with Gasteiger partial charge in [0.15, 0.2) is 55.2 Å². The lowest BCUT2D eigenvalue weighted by molar-refractivity contribution is -0.392. The van der Waals surface area contributed by atoms with Crippen molar-refractivity contribution in [2.45, 2.75) is 259 Å². The predicted octanol–water partition coefficient (Wildman–Crippen LogP) is -3.30. The zero-order valence-corrected chi connectivity index (χ0v) is 58.0. The highest BCUT2D eigenvalue weighted by Gasteiger charge is 2.74. The number of carboxylic acid groups (broad SMARTS) is 1. The molecule has 5 aliphatic heterocycles. The van der Waals surface area contributed by atoms with Gasteiger partial charge in [0.1, 0.15) is 97.7 Å². The van der Waals surface area contributed by atoms with E-state index >= 15 is 4.79 Å². The van der Waals surface area contributed by atoms with E-state index in [4.69, 9.17) is 61.6 Å². The minimum absolute atomic E-state index is 0.0107. The number of allylic oxidation sites excluding steroid dienone is 1. The van der Waals surface area contributed by atoms with Gasteiger partial charge in [0, 0.05) is 11.5 Å². The molecule has 34 atom stereocenters. The van der Waals surface area contributed by atoms with Crippen LogP contribution in [0.4, 0.5) is 0 Å². The molecule has 5 heterocycles. The van der Waals surface area contributed by atoms with Crippen LogP contribution >= 0.6 is 0 Å². The number of benzene rings is 1. The van der Waals surface area contributed by atoms with Crippen molar-refractivity contribution in [3.63, 3.8) is 0 Å². The van der Waals surface area contributed by atoms with E-state index < -0.39 is 254 Å². The molecule has 17 N–H and O–H groups in total. The van der Waals surface area contributed by atoms with Crippen molar-refractivity contribution in [3.05, 3.63) is 41.5 Å². The first-order valence-corrected chi connectivity index (χ1v) is 34.8. The normalized spacial score (nSPS) is 48.5. The Morgan fingerprint density at radius 3 is 1.79 bits per heavy atom. The molecule has 1 aromatic carbocycles. The SMILES string of the molecule is COc1ccc(C=CC(=O)OC2C(C)OC(OC(=O)C34CCC(C)(C)CC3C3=CCC5C6(C)CC(O)C(OC7OC(CO)C(O)C(O)C7O)C(C)(C(=O)O)C6CCC5(C)C3(CO)CC4)C(OC3OC(O)C(OC4OC(COC5OC(CO)C(O)C(O)C5O)C(O)C4O)C(O)C3O)C2O)cc1OC. The number of aliphatic hydroxyl groups is 16. The van der Waals surface area contributed by atoms with Crippen LogP contribution in [0.15, 0.2) is 35.9 Å². The second-order valence-electron chi connectivity index (χ2n) is 31.0. The summed E-state index contributed by atoms with van der Waals surface area (Å²) in [4.78, 5) is 43.6. The van der Waals surface area contributed by atoms with Gasteiger partial charge in [-0.2, -0.15) is 0 Å². The van der Waals surface area contributed by atoms with Gasteiger partial charge in [-0.3, -0.25) is 9.59 Å². The highest BCUT2D eigenvalue weighted by Crippen LogP contribution is 2.76. The molecule has 10 aliphatic rings. The van der Waals surface area contributed by atoms with Gasteiger partial charge in [-0.05, 0) is 129 Å². The molecule has 33 nitrogen and oxygen atoms in total. The van der Waals surface area contributed by atoms with Gasteiger partial charge in [0.25, 0.3) is 0 Å². The van der Waals surface area contributed by atoms with Crippen LogP contribution in [0.5, 0.6) is 11.5 Å². The second kappa shape index (κ2) is 30.0. The fourth-order valence-corrected chi connectivity index (χ4v) is 19.0. The summed E-state index contributed by atoms with van der Waals surface area (Å²) >= 11 is 0. The first-order chi connectivity index (χ1) is 48.0. The maximum atomic E-state index is 15.9. The molecule has 9 fully saturated rings. The molecule has 576 valence electrons. The van der Waals surface area contributed by atoms with E-state index in [1.807, 2.05) is 13.0 Å². The number of rotatable bonds is 20. The number of esters is 2. The minimum atomic E-state index is -2.29. The molecule has 5 aliphatic carbocycles. The predicted molar refractivity (Wildman–Crippen MR) is 340 cm³/mol. The molecule has 5 saturated heterocycles. The summed E-state index contributed by atoms with van der Waals surface area (Å²) in [6, 6.07) is 4.83. The molecule has 0 radical (unpaired) electrons. The standard InChI is InChI=1S/C69H102O33/c1-28-52(97-40(74)14-10-29-9-12-33(90-7)34(21-29)91-8)51(85)54(99-60-50(84)46(80)53(56(86)101-60)98-58-47(81)43(77)37(96-58)26-92-57-48(82)44(78)41(75)35(24-70)94-57)61(93-28)102-63(89)68-18-17-64(2,3)22-31(68)30-11-13-38-65(4)23-32(73)55(100-59-49(83)45(79)42(76)36(25-71)95-59)67(6,62(87)88)39(65)15-16-66(38,5)69(30,27-72)20-19-68/h9-12,14,21,28,31-32,35-39,41-61,70-73,75-86H,13,15-20,22-27H2,1-8H3,(H,87,88). The fourth-order valence-electron chi connectivity index (χ4n) is 19.0. The highest BCUT2D eigenvalue weighted by molar-refractivity contribution is 5.87. The second-order valence-corrected chi connectivity index (χ2v) is 31.0. The molecule has 33 heteroatoms. The van der Waals surface area contributed by atoms with Crippen molar-refractivity contribution in [2.75, 3.05) is 40.6 Å². The van der Waals surface area contributed by atoms with Crippen LogP contribution in [0, 0.1) is 50.2 Å². The number of aliphatic carboxylic acids is 1. The topological polar surface area (TPSA) is 515 Å². The van der Waals surface area contributed by atoms with E-state index in [9.17, 15) is 96.4 Å². The largest absolute Gasteiger partial charge is 0.493 e. The van der Waals surface area contributed by atoms with Crippen molar-refractivity contribution in [1.82, 2.24) is 0 Å². The van der Waals surface area contributed by atoms with Gasteiger partial charge in [-0.1, -0.05) is 45.4 Å². The Hall–Kier alpha value is -4.29. The van der Waals surface area contributed by atoms with Gasteiger partial charge in [-0.25, -0.2) is 4.79 Å². The van der Waals surface area contributed by atoms with Crippen LogP contribution in [-0.2, 0) is 66.5 Å². The van der Waals surface area contributed by atoms with Crippen molar-refractivity contribution < 1.29 is 163 Å². The van der Waals surface area contributed by atoms with Gasteiger partial charge < -0.3 is 148 Å². The molecule has 102 heavy (non-hydrogen) atoms. The van der Waals surface area contributed by atoms with Gasteiger partial charge in [-0.15, -0.1) is 0 Å². The Bertz CT molecular complexity index is 3190. The zero-order valence-electron chi connectivity index (χ0n) is 58.0. The van der Waals surface area contributed by atoms with E-state index in [0.717, 1.165) is 11.6 Å². The number of fused-ring (bicyclic) bond motifs is 7. The minimum Gasteiger partial charge on any atom is -0.493 e. The molecule has 0 aromatic heterocycles. The molecule has 0 amide bonds. The molecule has 4 saturated carbocycles. The summed E-state index contributed by atoms with van der Waals surface area (Å²) in [7, 11) is 2.88. The van der Waals surface area contributed by atoms with E-state index in [1.165, 1.54) is 34.1 Å². The number of carbonyl (C=O) groups excluding carboxylic acids is 2. The third-order valence-corrected chi connectivity index (χ3v) is 24.9. The number of ether oxygens (including phenoxy) is 13. The van der Waals surface area contributed by atoms with Crippen molar-refractivity contribution in [2.24, 2.45) is 50.2 Å². The Morgan fingerprint density at radius 1 is 0.578 bits per heavy atom. The maximum Gasteiger partial charge on any atom is 0.331 e. The monoisotopic (exact) mass is 1460 g/mol. The molecular formula is C69H102O33. The zero-order chi connectivity index (χ0) is 74.4. The van der Waals surface area contributed by atoms with E-state index in [2.05, 4.69) is 20.8 Å². The summed E-state index contributed by atoms with van der Waals surface area (Å²) in [6.07, 6.45) is -40.0. The van der Waals surface area contributed by atoms with Crippen molar-refractivity contribution in [3.8, 4) is 11.5 Å². The Morgan fingerprint density at radius 2 is 1.16 bits per heavy atom. The average molecular weight is 1460 g/mol. The Balaban J connectivity index is 0.850. The third kappa shape index (κ3) is 13.6. The molecule has 11 rings (SSSR count). The van der Waals surface area contributed by atoms with Crippen LogP contribution in [0.3, 0.4) is 0 Å². The van der Waals surface area contributed by atoms with Crippen molar-refractivity contribution in [1.29, 1.82) is 0 Å². The lowest BCUT2D eigenvalue weighted by atomic mass is 9.33.